The highest BCUT2D eigenvalue weighted by Gasteiger charge is 2.31. The Hall–Kier alpha value is 0.270. The van der Waals surface area contributed by atoms with E-state index >= 15 is 0 Å². The molecule has 2 atom stereocenters. The maximum Gasteiger partial charge on any atom is 0.0777 e. The lowest BCUT2D eigenvalue weighted by atomic mass is 9.92. The Morgan fingerprint density at radius 1 is 1.44 bits per heavy atom. The standard InChI is InChI=1S/C13H27NOS/c1-11(2)12(9-16)8-14-7-5-6-13(3,10-14)15-4/h11-12,16H,5-10H2,1-4H3. The molecule has 1 aliphatic heterocycles. The van der Waals surface area contributed by atoms with Crippen molar-refractivity contribution in [3.63, 3.8) is 0 Å². The van der Waals surface area contributed by atoms with Gasteiger partial charge in [0.15, 0.2) is 0 Å². The zero-order chi connectivity index (χ0) is 12.2. The van der Waals surface area contributed by atoms with Crippen LogP contribution in [-0.4, -0.2) is 43.0 Å². The van der Waals surface area contributed by atoms with Gasteiger partial charge in [0.05, 0.1) is 5.60 Å². The van der Waals surface area contributed by atoms with Crippen molar-refractivity contribution >= 4 is 12.6 Å². The average Bonchev–Trinajstić information content (AvgIpc) is 2.25. The number of nitrogens with zero attached hydrogens (tertiary/aromatic N) is 1. The molecule has 0 aromatic heterocycles. The zero-order valence-corrected chi connectivity index (χ0v) is 12.1. The number of rotatable bonds is 5. The molecular weight excluding hydrogens is 218 g/mol. The highest BCUT2D eigenvalue weighted by molar-refractivity contribution is 7.80. The van der Waals surface area contributed by atoms with E-state index < -0.39 is 0 Å². The molecular formula is C13H27NOS. The number of likely N-dealkylation sites (tertiary alicyclic amines) is 1. The van der Waals surface area contributed by atoms with E-state index in [1.54, 1.807) is 0 Å². The summed E-state index contributed by atoms with van der Waals surface area (Å²) in [6, 6.07) is 0. The third-order valence-electron chi connectivity index (χ3n) is 3.90. The second kappa shape index (κ2) is 6.27. The molecule has 1 aliphatic rings. The van der Waals surface area contributed by atoms with E-state index in [4.69, 9.17) is 4.74 Å². The van der Waals surface area contributed by atoms with E-state index in [1.807, 2.05) is 7.11 Å². The molecule has 0 amide bonds. The van der Waals surface area contributed by atoms with Crippen LogP contribution in [0.15, 0.2) is 0 Å². The Kier molecular flexibility index (Phi) is 5.62. The van der Waals surface area contributed by atoms with Gasteiger partial charge in [-0.25, -0.2) is 0 Å². The number of hydrogen-bond acceptors (Lipinski definition) is 3. The molecule has 16 heavy (non-hydrogen) atoms. The first-order valence-corrected chi connectivity index (χ1v) is 7.02. The quantitative estimate of drug-likeness (QED) is 0.748. The molecule has 0 spiro atoms. The van der Waals surface area contributed by atoms with Crippen LogP contribution < -0.4 is 0 Å². The largest absolute Gasteiger partial charge is 0.377 e. The summed E-state index contributed by atoms with van der Waals surface area (Å²) in [6.07, 6.45) is 2.44. The first kappa shape index (κ1) is 14.3. The molecule has 0 bridgehead atoms. The van der Waals surface area contributed by atoms with Crippen LogP contribution in [0.3, 0.4) is 0 Å². The summed E-state index contributed by atoms with van der Waals surface area (Å²) in [5.41, 5.74) is 0.0659. The van der Waals surface area contributed by atoms with Gasteiger partial charge in [-0.05, 0) is 43.9 Å². The SMILES string of the molecule is COC1(C)CCCN(CC(CS)C(C)C)C1. The second-order valence-corrected chi connectivity index (χ2v) is 6.04. The average molecular weight is 245 g/mol. The van der Waals surface area contributed by atoms with Crippen LogP contribution in [0.25, 0.3) is 0 Å². The smallest absolute Gasteiger partial charge is 0.0777 e. The van der Waals surface area contributed by atoms with E-state index in [1.165, 1.54) is 25.9 Å². The summed E-state index contributed by atoms with van der Waals surface area (Å²) in [7, 11) is 1.84. The molecule has 0 N–H and O–H groups in total. The van der Waals surface area contributed by atoms with E-state index in [-0.39, 0.29) is 5.60 Å². The molecule has 3 heteroatoms. The fraction of sp³-hybridized carbons (Fsp3) is 1.00. The van der Waals surface area contributed by atoms with Gasteiger partial charge in [-0.2, -0.15) is 12.6 Å². The predicted molar refractivity (Wildman–Crippen MR) is 73.3 cm³/mol. The Bertz CT molecular complexity index is 210. The van der Waals surface area contributed by atoms with Crippen molar-refractivity contribution < 1.29 is 4.74 Å². The van der Waals surface area contributed by atoms with Crippen LogP contribution in [-0.2, 0) is 4.74 Å². The summed E-state index contributed by atoms with van der Waals surface area (Å²) in [5.74, 6) is 2.40. The molecule has 1 fully saturated rings. The minimum absolute atomic E-state index is 0.0659. The number of ether oxygens (including phenoxy) is 1. The molecule has 1 saturated heterocycles. The maximum atomic E-state index is 5.62. The zero-order valence-electron chi connectivity index (χ0n) is 11.2. The molecule has 0 aromatic carbocycles. The first-order valence-electron chi connectivity index (χ1n) is 6.39. The van der Waals surface area contributed by atoms with Crippen LogP contribution in [0.1, 0.15) is 33.6 Å². The predicted octanol–water partition coefficient (Wildman–Crippen LogP) is 2.69. The normalized spacial score (nSPS) is 29.6. The molecule has 2 nitrogen and oxygen atoms in total. The van der Waals surface area contributed by atoms with Crippen molar-refractivity contribution in [1.29, 1.82) is 0 Å². The van der Waals surface area contributed by atoms with E-state index in [0.29, 0.717) is 11.8 Å². The first-order chi connectivity index (χ1) is 7.50. The number of piperidine rings is 1. The fourth-order valence-electron chi connectivity index (χ4n) is 2.44. The third-order valence-corrected chi connectivity index (χ3v) is 4.37. The van der Waals surface area contributed by atoms with Gasteiger partial charge >= 0.3 is 0 Å². The Balaban J connectivity index is 2.48. The molecule has 0 aromatic rings. The summed E-state index contributed by atoms with van der Waals surface area (Å²) >= 11 is 4.46. The van der Waals surface area contributed by atoms with E-state index in [2.05, 4.69) is 38.3 Å². The lowest BCUT2D eigenvalue weighted by Crippen LogP contribution is -2.49. The van der Waals surface area contributed by atoms with Crippen molar-refractivity contribution in [3.05, 3.63) is 0 Å². The molecule has 96 valence electrons. The molecule has 0 saturated carbocycles. The summed E-state index contributed by atoms with van der Waals surface area (Å²) in [5, 5.41) is 0. The number of hydrogen-bond donors (Lipinski definition) is 1. The van der Waals surface area contributed by atoms with Crippen molar-refractivity contribution in [1.82, 2.24) is 4.90 Å². The van der Waals surface area contributed by atoms with Crippen LogP contribution >= 0.6 is 12.6 Å². The van der Waals surface area contributed by atoms with Crippen molar-refractivity contribution in [2.24, 2.45) is 11.8 Å². The topological polar surface area (TPSA) is 12.5 Å². The fourth-order valence-corrected chi connectivity index (χ4v) is 2.98. The van der Waals surface area contributed by atoms with Crippen molar-refractivity contribution in [2.45, 2.75) is 39.2 Å². The molecule has 0 aliphatic carbocycles. The van der Waals surface area contributed by atoms with Gasteiger partial charge in [0.1, 0.15) is 0 Å². The minimum Gasteiger partial charge on any atom is -0.377 e. The second-order valence-electron chi connectivity index (χ2n) is 5.68. The van der Waals surface area contributed by atoms with Gasteiger partial charge in [0, 0.05) is 20.2 Å². The highest BCUT2D eigenvalue weighted by atomic mass is 32.1. The maximum absolute atomic E-state index is 5.62. The summed E-state index contributed by atoms with van der Waals surface area (Å²) in [4.78, 5) is 2.55. The molecule has 0 radical (unpaired) electrons. The molecule has 2 unspecified atom stereocenters. The van der Waals surface area contributed by atoms with E-state index in [9.17, 15) is 0 Å². The number of thiol groups is 1. The third kappa shape index (κ3) is 3.94. The van der Waals surface area contributed by atoms with E-state index in [0.717, 1.165) is 12.3 Å². The van der Waals surface area contributed by atoms with Gasteiger partial charge in [-0.1, -0.05) is 13.8 Å². The van der Waals surface area contributed by atoms with Gasteiger partial charge < -0.3 is 9.64 Å². The van der Waals surface area contributed by atoms with Gasteiger partial charge in [0.2, 0.25) is 0 Å². The van der Waals surface area contributed by atoms with Gasteiger partial charge in [-0.15, -0.1) is 0 Å². The lowest BCUT2D eigenvalue weighted by Gasteiger charge is -2.41. The summed E-state index contributed by atoms with van der Waals surface area (Å²) in [6.45, 7) is 10.3. The Labute approximate surface area is 106 Å². The van der Waals surface area contributed by atoms with Gasteiger partial charge in [0.25, 0.3) is 0 Å². The Morgan fingerprint density at radius 3 is 2.62 bits per heavy atom. The van der Waals surface area contributed by atoms with Crippen LogP contribution in [0.5, 0.6) is 0 Å². The highest BCUT2D eigenvalue weighted by Crippen LogP contribution is 2.25. The number of methoxy groups -OCH3 is 1. The molecule has 1 heterocycles. The van der Waals surface area contributed by atoms with Crippen LogP contribution in [0, 0.1) is 11.8 Å². The Morgan fingerprint density at radius 2 is 2.12 bits per heavy atom. The van der Waals surface area contributed by atoms with Crippen molar-refractivity contribution in [3.8, 4) is 0 Å². The van der Waals surface area contributed by atoms with Gasteiger partial charge in [-0.3, -0.25) is 0 Å². The summed E-state index contributed by atoms with van der Waals surface area (Å²) < 4.78 is 5.62. The van der Waals surface area contributed by atoms with Crippen molar-refractivity contribution in [2.75, 3.05) is 32.5 Å². The minimum atomic E-state index is 0.0659. The monoisotopic (exact) mass is 245 g/mol. The van der Waals surface area contributed by atoms with Crippen LogP contribution in [0.2, 0.25) is 0 Å². The van der Waals surface area contributed by atoms with Crippen LogP contribution in [0.4, 0.5) is 0 Å². The lowest BCUT2D eigenvalue weighted by molar-refractivity contribution is -0.0541. The molecule has 1 rings (SSSR count).